The quantitative estimate of drug-likeness (QED) is 0.244. The molecule has 160 valence electrons. The van der Waals surface area contributed by atoms with E-state index in [1.54, 1.807) is 42.5 Å². The molecule has 1 amide bonds. The molecule has 0 aliphatic rings. The highest BCUT2D eigenvalue weighted by atomic mass is 35.5. The summed E-state index contributed by atoms with van der Waals surface area (Å²) in [6, 6.07) is 18.8. The Bertz CT molecular complexity index is 1050. The maximum Gasteiger partial charge on any atom is 0.311 e. The Balaban J connectivity index is 1.45. The Morgan fingerprint density at radius 3 is 2.29 bits per heavy atom. The lowest BCUT2D eigenvalue weighted by Gasteiger charge is -2.09. The molecule has 0 aromatic heterocycles. The number of hydrogen-bond donors (Lipinski definition) is 1. The molecule has 3 aromatic rings. The number of aryl methyl sites for hydroxylation is 1. The molecule has 5 nitrogen and oxygen atoms in total. The Morgan fingerprint density at radius 2 is 1.58 bits per heavy atom. The van der Waals surface area contributed by atoms with Crippen molar-refractivity contribution in [3.05, 3.63) is 87.9 Å². The van der Waals surface area contributed by atoms with Gasteiger partial charge in [0.15, 0.2) is 0 Å². The molecule has 31 heavy (non-hydrogen) atoms. The number of carbonyl (C=O) groups excluding carboxylic acids is 2. The van der Waals surface area contributed by atoms with Crippen LogP contribution in [0, 0.1) is 6.92 Å². The molecule has 0 aliphatic carbocycles. The van der Waals surface area contributed by atoms with Gasteiger partial charge in [-0.2, -0.15) is 0 Å². The predicted molar refractivity (Wildman–Crippen MR) is 122 cm³/mol. The van der Waals surface area contributed by atoms with Gasteiger partial charge in [0, 0.05) is 17.0 Å². The van der Waals surface area contributed by atoms with Crippen molar-refractivity contribution >= 4 is 40.8 Å². The lowest BCUT2D eigenvalue weighted by molar-refractivity contribution is -0.134. The van der Waals surface area contributed by atoms with E-state index in [1.807, 2.05) is 31.2 Å². The molecule has 0 spiro atoms. The van der Waals surface area contributed by atoms with Crippen LogP contribution in [0.3, 0.4) is 0 Å². The number of halogens is 2. The maximum atomic E-state index is 12.4. The molecule has 7 heteroatoms. The molecule has 0 saturated heterocycles. The zero-order chi connectivity index (χ0) is 22.2. The van der Waals surface area contributed by atoms with E-state index in [1.165, 1.54) is 0 Å². The molecule has 0 fully saturated rings. The molecule has 0 atom stereocenters. The fraction of sp³-hybridized carbons (Fsp3) is 0.167. The van der Waals surface area contributed by atoms with E-state index in [2.05, 4.69) is 5.32 Å². The van der Waals surface area contributed by atoms with Crippen molar-refractivity contribution in [2.24, 2.45) is 0 Å². The van der Waals surface area contributed by atoms with Crippen molar-refractivity contribution in [1.82, 2.24) is 0 Å². The maximum absolute atomic E-state index is 12.4. The Kier molecular flexibility index (Phi) is 7.93. The molecular weight excluding hydrogens is 437 g/mol. The fourth-order valence-corrected chi connectivity index (χ4v) is 3.02. The third-order valence-electron chi connectivity index (χ3n) is 4.34. The van der Waals surface area contributed by atoms with Crippen LogP contribution in [0.2, 0.25) is 10.0 Å². The smallest absolute Gasteiger partial charge is 0.311 e. The van der Waals surface area contributed by atoms with Crippen molar-refractivity contribution in [3.8, 4) is 11.5 Å². The highest BCUT2D eigenvalue weighted by Crippen LogP contribution is 2.26. The second-order valence-corrected chi connectivity index (χ2v) is 7.69. The lowest BCUT2D eigenvalue weighted by atomic mass is 10.2. The van der Waals surface area contributed by atoms with Crippen molar-refractivity contribution in [2.45, 2.75) is 19.8 Å². The number of amides is 1. The monoisotopic (exact) mass is 457 g/mol. The second-order valence-electron chi connectivity index (χ2n) is 6.84. The second kappa shape index (κ2) is 10.8. The van der Waals surface area contributed by atoms with Gasteiger partial charge in [0.25, 0.3) is 5.91 Å². The van der Waals surface area contributed by atoms with Crippen LogP contribution in [0.15, 0.2) is 66.7 Å². The standard InChI is InChI=1S/C24H21Cl2NO4/c1-16-4-9-19(10-5-16)30-14-2-3-23(28)31-20-11-6-17(7-12-20)24(29)27-22-15-18(25)8-13-21(22)26/h4-13,15H,2-3,14H2,1H3,(H,27,29). The first-order valence-electron chi connectivity index (χ1n) is 9.67. The van der Waals surface area contributed by atoms with Gasteiger partial charge in [-0.05, 0) is 67.9 Å². The van der Waals surface area contributed by atoms with Crippen molar-refractivity contribution in [1.29, 1.82) is 0 Å². The molecule has 0 bridgehead atoms. The summed E-state index contributed by atoms with van der Waals surface area (Å²) in [4.78, 5) is 24.4. The summed E-state index contributed by atoms with van der Waals surface area (Å²) in [6.07, 6.45) is 0.759. The van der Waals surface area contributed by atoms with Crippen molar-refractivity contribution in [2.75, 3.05) is 11.9 Å². The molecule has 1 N–H and O–H groups in total. The molecule has 0 unspecified atom stereocenters. The summed E-state index contributed by atoms with van der Waals surface area (Å²) in [5.41, 5.74) is 1.97. The van der Waals surface area contributed by atoms with Gasteiger partial charge in [0.1, 0.15) is 11.5 Å². The SMILES string of the molecule is Cc1ccc(OCCCC(=O)Oc2ccc(C(=O)Nc3cc(Cl)ccc3Cl)cc2)cc1. The van der Waals surface area contributed by atoms with Gasteiger partial charge in [-0.15, -0.1) is 0 Å². The molecule has 0 heterocycles. The number of carbonyl (C=O) groups is 2. The number of hydrogen-bond acceptors (Lipinski definition) is 4. The topological polar surface area (TPSA) is 64.6 Å². The number of anilines is 1. The average molecular weight is 458 g/mol. The van der Waals surface area contributed by atoms with Crippen LogP contribution >= 0.6 is 23.2 Å². The first-order chi connectivity index (χ1) is 14.9. The van der Waals surface area contributed by atoms with Crippen LogP contribution in [-0.2, 0) is 4.79 Å². The molecule has 0 saturated carbocycles. The first kappa shape index (κ1) is 22.7. The van der Waals surface area contributed by atoms with Gasteiger partial charge in [-0.3, -0.25) is 9.59 Å². The van der Waals surface area contributed by atoms with Crippen molar-refractivity contribution in [3.63, 3.8) is 0 Å². The van der Waals surface area contributed by atoms with Crippen LogP contribution in [0.4, 0.5) is 5.69 Å². The van der Waals surface area contributed by atoms with Crippen LogP contribution in [-0.4, -0.2) is 18.5 Å². The van der Waals surface area contributed by atoms with E-state index in [4.69, 9.17) is 32.7 Å². The minimum atomic E-state index is -0.365. The highest BCUT2D eigenvalue weighted by Gasteiger charge is 2.11. The van der Waals surface area contributed by atoms with Crippen LogP contribution in [0.5, 0.6) is 11.5 Å². The minimum absolute atomic E-state index is 0.224. The number of nitrogens with one attached hydrogen (secondary N) is 1. The van der Waals surface area contributed by atoms with Crippen LogP contribution in [0.1, 0.15) is 28.8 Å². The number of rotatable bonds is 8. The van der Waals surface area contributed by atoms with E-state index in [-0.39, 0.29) is 18.3 Å². The van der Waals surface area contributed by atoms with Gasteiger partial charge in [-0.25, -0.2) is 0 Å². The van der Waals surface area contributed by atoms with E-state index in [0.29, 0.717) is 40.1 Å². The molecule has 0 aliphatic heterocycles. The Hall–Kier alpha value is -3.02. The largest absolute Gasteiger partial charge is 0.494 e. The molecule has 3 rings (SSSR count). The van der Waals surface area contributed by atoms with Crippen LogP contribution < -0.4 is 14.8 Å². The summed E-state index contributed by atoms with van der Waals surface area (Å²) in [5, 5.41) is 3.55. The summed E-state index contributed by atoms with van der Waals surface area (Å²) in [5.74, 6) is 0.416. The predicted octanol–water partition coefficient (Wildman–Crippen LogP) is 6.32. The molecule has 0 radical (unpaired) electrons. The summed E-state index contributed by atoms with van der Waals surface area (Å²) in [6.45, 7) is 2.43. The zero-order valence-electron chi connectivity index (χ0n) is 16.9. The third kappa shape index (κ3) is 7.02. The number of benzene rings is 3. The van der Waals surface area contributed by atoms with Crippen molar-refractivity contribution < 1.29 is 19.1 Å². The van der Waals surface area contributed by atoms with Gasteiger partial charge in [-0.1, -0.05) is 40.9 Å². The van der Waals surface area contributed by atoms with E-state index in [9.17, 15) is 9.59 Å². The normalized spacial score (nSPS) is 10.4. The summed E-state index contributed by atoms with van der Waals surface area (Å²) in [7, 11) is 0. The Morgan fingerprint density at radius 1 is 0.903 bits per heavy atom. The average Bonchev–Trinajstić information content (AvgIpc) is 2.75. The zero-order valence-corrected chi connectivity index (χ0v) is 18.4. The van der Waals surface area contributed by atoms with E-state index >= 15 is 0 Å². The van der Waals surface area contributed by atoms with Gasteiger partial charge in [0.05, 0.1) is 17.3 Å². The van der Waals surface area contributed by atoms with Gasteiger partial charge >= 0.3 is 5.97 Å². The van der Waals surface area contributed by atoms with Gasteiger partial charge in [0.2, 0.25) is 0 Å². The number of esters is 1. The van der Waals surface area contributed by atoms with E-state index in [0.717, 1.165) is 11.3 Å². The van der Waals surface area contributed by atoms with Crippen LogP contribution in [0.25, 0.3) is 0 Å². The first-order valence-corrected chi connectivity index (χ1v) is 10.4. The summed E-state index contributed by atoms with van der Waals surface area (Å²) < 4.78 is 10.9. The Labute approximate surface area is 190 Å². The van der Waals surface area contributed by atoms with Gasteiger partial charge < -0.3 is 14.8 Å². The molecule has 3 aromatic carbocycles. The third-order valence-corrected chi connectivity index (χ3v) is 4.90. The molecular formula is C24H21Cl2NO4. The minimum Gasteiger partial charge on any atom is -0.494 e. The summed E-state index contributed by atoms with van der Waals surface area (Å²) >= 11 is 12.0. The highest BCUT2D eigenvalue weighted by molar-refractivity contribution is 6.35. The lowest BCUT2D eigenvalue weighted by Crippen LogP contribution is -2.13. The fourth-order valence-electron chi connectivity index (χ4n) is 2.69. The number of ether oxygens (including phenoxy) is 2. The van der Waals surface area contributed by atoms with E-state index < -0.39 is 0 Å².